The van der Waals surface area contributed by atoms with Crippen LogP contribution in [0.4, 0.5) is 10.5 Å². The fourth-order valence-corrected chi connectivity index (χ4v) is 2.44. The van der Waals surface area contributed by atoms with Crippen molar-refractivity contribution in [2.45, 2.75) is 39.7 Å². The first-order chi connectivity index (χ1) is 9.83. The molecule has 1 rings (SSSR count). The largest absolute Gasteiger partial charge is 0.478 e. The van der Waals surface area contributed by atoms with E-state index in [2.05, 4.69) is 40.4 Å². The third-order valence-corrected chi connectivity index (χ3v) is 3.95. The van der Waals surface area contributed by atoms with Crippen molar-refractivity contribution in [1.29, 1.82) is 0 Å². The Balaban J connectivity index is 2.61. The van der Waals surface area contributed by atoms with Gasteiger partial charge in [0, 0.05) is 10.5 Å². The van der Waals surface area contributed by atoms with Crippen LogP contribution in [0.1, 0.15) is 44.0 Å². The summed E-state index contributed by atoms with van der Waals surface area (Å²) in [6.07, 6.45) is 2.00. The zero-order valence-electron chi connectivity index (χ0n) is 12.4. The fraction of sp³-hybridized carbons (Fsp3) is 0.467. The van der Waals surface area contributed by atoms with Crippen LogP contribution in [0.2, 0.25) is 0 Å². The van der Waals surface area contributed by atoms with E-state index in [4.69, 9.17) is 5.11 Å². The summed E-state index contributed by atoms with van der Waals surface area (Å²) in [7, 11) is 0. The summed E-state index contributed by atoms with van der Waals surface area (Å²) in [5.74, 6) is -0.448. The second-order valence-corrected chi connectivity index (χ2v) is 6.10. The molecule has 0 spiro atoms. The van der Waals surface area contributed by atoms with Gasteiger partial charge in [0.15, 0.2) is 0 Å². The molecule has 2 amide bonds. The molecule has 1 aromatic rings. The molecule has 0 aliphatic rings. The Morgan fingerprint density at radius 1 is 1.33 bits per heavy atom. The summed E-state index contributed by atoms with van der Waals surface area (Å²) >= 11 is 3.26. The monoisotopic (exact) mass is 356 g/mol. The average molecular weight is 357 g/mol. The normalized spacial score (nSPS) is 13.3. The van der Waals surface area contributed by atoms with Crippen molar-refractivity contribution in [3.8, 4) is 0 Å². The molecule has 0 fully saturated rings. The minimum atomic E-state index is -1.01. The molecule has 0 radical (unpaired) electrons. The number of halogens is 1. The summed E-state index contributed by atoms with van der Waals surface area (Å²) in [5.41, 5.74) is 0.700. The number of carbonyl (C=O) groups excluding carboxylic acids is 1. The van der Waals surface area contributed by atoms with Gasteiger partial charge in [-0.1, -0.05) is 20.3 Å². The van der Waals surface area contributed by atoms with E-state index in [-0.39, 0.29) is 17.6 Å². The number of benzene rings is 1. The van der Waals surface area contributed by atoms with Crippen molar-refractivity contribution >= 4 is 33.6 Å². The zero-order valence-corrected chi connectivity index (χ0v) is 14.0. The van der Waals surface area contributed by atoms with Crippen molar-refractivity contribution in [2.75, 3.05) is 5.32 Å². The van der Waals surface area contributed by atoms with Crippen LogP contribution in [0.15, 0.2) is 22.7 Å². The number of carboxylic acids is 1. The lowest BCUT2D eigenvalue weighted by molar-refractivity contribution is 0.0697. The maximum atomic E-state index is 11.9. The third-order valence-electron chi connectivity index (χ3n) is 3.29. The Labute approximate surface area is 133 Å². The summed E-state index contributed by atoms with van der Waals surface area (Å²) in [6.45, 7) is 6.24. The maximum Gasteiger partial charge on any atom is 0.335 e. The minimum Gasteiger partial charge on any atom is -0.478 e. The Kier molecular flexibility index (Phi) is 6.68. The summed E-state index contributed by atoms with van der Waals surface area (Å²) < 4.78 is 0.534. The van der Waals surface area contributed by atoms with Crippen LogP contribution >= 0.6 is 15.9 Å². The molecule has 3 N–H and O–H groups in total. The van der Waals surface area contributed by atoms with Gasteiger partial charge in [-0.3, -0.25) is 0 Å². The standard InChI is InChI=1S/C15H21BrN2O3/c1-4-9(2)7-10(3)17-15(21)18-13-6-5-11(14(19)20)8-12(13)16/h5-6,8-10H,4,7H2,1-3H3,(H,19,20)(H2,17,18,21). The highest BCUT2D eigenvalue weighted by Gasteiger charge is 2.12. The molecule has 21 heavy (non-hydrogen) atoms. The van der Waals surface area contributed by atoms with E-state index in [1.807, 2.05) is 6.92 Å². The molecule has 0 heterocycles. The predicted octanol–water partition coefficient (Wildman–Crippen LogP) is 4.09. The number of hydrogen-bond donors (Lipinski definition) is 3. The van der Waals surface area contributed by atoms with Crippen LogP contribution < -0.4 is 10.6 Å². The number of carboxylic acid groups (broad SMARTS) is 1. The number of rotatable bonds is 6. The van der Waals surface area contributed by atoms with E-state index in [0.717, 1.165) is 12.8 Å². The first kappa shape index (κ1) is 17.5. The molecule has 1 aromatic carbocycles. The van der Waals surface area contributed by atoms with Gasteiger partial charge in [-0.25, -0.2) is 9.59 Å². The Bertz CT molecular complexity index is 520. The summed E-state index contributed by atoms with van der Waals surface area (Å²) in [4.78, 5) is 22.7. The second-order valence-electron chi connectivity index (χ2n) is 5.25. The topological polar surface area (TPSA) is 78.4 Å². The summed E-state index contributed by atoms with van der Waals surface area (Å²) in [5, 5.41) is 14.5. The number of nitrogens with one attached hydrogen (secondary N) is 2. The number of urea groups is 1. The smallest absolute Gasteiger partial charge is 0.335 e. The lowest BCUT2D eigenvalue weighted by Gasteiger charge is -2.18. The van der Waals surface area contributed by atoms with Gasteiger partial charge in [0.2, 0.25) is 0 Å². The van der Waals surface area contributed by atoms with Gasteiger partial charge in [-0.15, -0.1) is 0 Å². The van der Waals surface area contributed by atoms with Gasteiger partial charge in [-0.2, -0.15) is 0 Å². The molecule has 0 aliphatic carbocycles. The second kappa shape index (κ2) is 8.02. The molecule has 5 nitrogen and oxygen atoms in total. The van der Waals surface area contributed by atoms with Crippen molar-refractivity contribution in [3.05, 3.63) is 28.2 Å². The molecule has 0 saturated carbocycles. The predicted molar refractivity (Wildman–Crippen MR) is 86.8 cm³/mol. The summed E-state index contributed by atoms with van der Waals surface area (Å²) in [6, 6.07) is 4.25. The van der Waals surface area contributed by atoms with Gasteiger partial charge in [-0.05, 0) is 53.4 Å². The van der Waals surface area contributed by atoms with E-state index >= 15 is 0 Å². The molecule has 116 valence electrons. The molecular weight excluding hydrogens is 336 g/mol. The van der Waals surface area contributed by atoms with Gasteiger partial charge in [0.25, 0.3) is 0 Å². The molecule has 0 bridgehead atoms. The highest BCUT2D eigenvalue weighted by molar-refractivity contribution is 9.10. The highest BCUT2D eigenvalue weighted by Crippen LogP contribution is 2.23. The Hall–Kier alpha value is -1.56. The number of anilines is 1. The minimum absolute atomic E-state index is 0.0806. The number of hydrogen-bond acceptors (Lipinski definition) is 2. The van der Waals surface area contributed by atoms with Crippen molar-refractivity contribution < 1.29 is 14.7 Å². The quantitative estimate of drug-likeness (QED) is 0.717. The van der Waals surface area contributed by atoms with Crippen LogP contribution in [0, 0.1) is 5.92 Å². The molecule has 0 aliphatic heterocycles. The average Bonchev–Trinajstić information content (AvgIpc) is 2.40. The van der Waals surface area contributed by atoms with Crippen LogP contribution in [-0.2, 0) is 0 Å². The van der Waals surface area contributed by atoms with E-state index < -0.39 is 5.97 Å². The van der Waals surface area contributed by atoms with Crippen LogP contribution in [0.25, 0.3) is 0 Å². The van der Waals surface area contributed by atoms with Crippen molar-refractivity contribution in [2.24, 2.45) is 5.92 Å². The molecule has 6 heteroatoms. The van der Waals surface area contributed by atoms with Crippen molar-refractivity contribution in [3.63, 3.8) is 0 Å². The van der Waals surface area contributed by atoms with Crippen LogP contribution in [0.3, 0.4) is 0 Å². The van der Waals surface area contributed by atoms with Gasteiger partial charge in [0.1, 0.15) is 0 Å². The fourth-order valence-electron chi connectivity index (χ4n) is 1.96. The molecular formula is C15H21BrN2O3. The van der Waals surface area contributed by atoms with Gasteiger partial charge >= 0.3 is 12.0 Å². The molecule has 2 atom stereocenters. The van der Waals surface area contributed by atoms with E-state index in [1.165, 1.54) is 12.1 Å². The number of aromatic carboxylic acids is 1. The number of amides is 2. The van der Waals surface area contributed by atoms with Gasteiger partial charge in [0.05, 0.1) is 11.3 Å². The third kappa shape index (κ3) is 5.75. The van der Waals surface area contributed by atoms with E-state index in [0.29, 0.717) is 16.1 Å². The lowest BCUT2D eigenvalue weighted by atomic mass is 10.0. The first-order valence-electron chi connectivity index (χ1n) is 6.93. The maximum absolute atomic E-state index is 11.9. The molecule has 0 aromatic heterocycles. The van der Waals surface area contributed by atoms with E-state index in [9.17, 15) is 9.59 Å². The van der Waals surface area contributed by atoms with Crippen molar-refractivity contribution in [1.82, 2.24) is 5.32 Å². The molecule has 2 unspecified atom stereocenters. The zero-order chi connectivity index (χ0) is 16.0. The van der Waals surface area contributed by atoms with E-state index in [1.54, 1.807) is 6.07 Å². The molecule has 0 saturated heterocycles. The first-order valence-corrected chi connectivity index (χ1v) is 7.73. The Morgan fingerprint density at radius 3 is 2.52 bits per heavy atom. The lowest BCUT2D eigenvalue weighted by Crippen LogP contribution is -2.37. The number of carbonyl (C=O) groups is 2. The van der Waals surface area contributed by atoms with Crippen LogP contribution in [0.5, 0.6) is 0 Å². The highest BCUT2D eigenvalue weighted by atomic mass is 79.9. The van der Waals surface area contributed by atoms with Crippen LogP contribution in [-0.4, -0.2) is 23.1 Å². The SMILES string of the molecule is CCC(C)CC(C)NC(=O)Nc1ccc(C(=O)O)cc1Br. The van der Waals surface area contributed by atoms with Gasteiger partial charge < -0.3 is 15.7 Å². The Morgan fingerprint density at radius 2 is 2.00 bits per heavy atom.